The van der Waals surface area contributed by atoms with Gasteiger partial charge in [0.1, 0.15) is 0 Å². The van der Waals surface area contributed by atoms with E-state index < -0.39 is 0 Å². The van der Waals surface area contributed by atoms with Crippen molar-refractivity contribution in [2.24, 2.45) is 0 Å². The topological polar surface area (TPSA) is 0 Å². The molecule has 0 unspecified atom stereocenters. The van der Waals surface area contributed by atoms with Gasteiger partial charge < -0.3 is 0 Å². The van der Waals surface area contributed by atoms with Crippen LogP contribution in [-0.4, -0.2) is 0 Å². The van der Waals surface area contributed by atoms with Crippen molar-refractivity contribution in [3.63, 3.8) is 0 Å². The Kier molecular flexibility index (Phi) is 4.84. The smallest absolute Gasteiger partial charge is 0.0102 e. The van der Waals surface area contributed by atoms with Gasteiger partial charge in [-0.25, -0.2) is 0 Å². The predicted octanol–water partition coefficient (Wildman–Crippen LogP) is 7.52. The summed E-state index contributed by atoms with van der Waals surface area (Å²) < 4.78 is 0. The van der Waals surface area contributed by atoms with Crippen molar-refractivity contribution in [2.75, 3.05) is 0 Å². The van der Waals surface area contributed by atoms with Crippen LogP contribution in [-0.2, 0) is 6.42 Å². The first-order chi connectivity index (χ1) is 12.9. The summed E-state index contributed by atoms with van der Waals surface area (Å²) in [7, 11) is 0. The van der Waals surface area contributed by atoms with E-state index in [1.54, 1.807) is 0 Å². The first-order valence-corrected chi connectivity index (χ1v) is 9.54. The summed E-state index contributed by atoms with van der Waals surface area (Å²) >= 11 is 0. The van der Waals surface area contributed by atoms with Crippen LogP contribution < -0.4 is 0 Å². The molecule has 0 aliphatic carbocycles. The fraction of sp³-hybridized carbons (Fsp3) is 0.154. The molecule has 4 aromatic rings. The lowest BCUT2D eigenvalue weighted by Crippen LogP contribution is -1.94. The van der Waals surface area contributed by atoms with Crippen LogP contribution >= 0.6 is 0 Å². The van der Waals surface area contributed by atoms with Crippen LogP contribution in [0.2, 0.25) is 0 Å². The molecule has 128 valence electrons. The van der Waals surface area contributed by atoms with Gasteiger partial charge in [0.2, 0.25) is 0 Å². The van der Waals surface area contributed by atoms with E-state index in [-0.39, 0.29) is 0 Å². The highest BCUT2D eigenvalue weighted by Crippen LogP contribution is 2.37. The van der Waals surface area contributed by atoms with Crippen LogP contribution in [0.1, 0.15) is 25.3 Å². The molecule has 0 N–H and O–H groups in total. The standard InChI is InChI=1S/C26H24/c1-2-3-14-24-23-15-8-7-13-21(23)18-19-26(24)25-17-10-9-16-22(25)20-11-5-4-6-12-20/h4-13,15-19H,2-3,14H2,1H3. The second-order valence-electron chi connectivity index (χ2n) is 6.83. The Morgan fingerprint density at radius 3 is 2.08 bits per heavy atom. The van der Waals surface area contributed by atoms with E-state index in [0.717, 1.165) is 6.42 Å². The van der Waals surface area contributed by atoms with Gasteiger partial charge in [0.15, 0.2) is 0 Å². The van der Waals surface area contributed by atoms with Crippen LogP contribution in [0.4, 0.5) is 0 Å². The third kappa shape index (κ3) is 3.15. The van der Waals surface area contributed by atoms with Crippen molar-refractivity contribution in [1.82, 2.24) is 0 Å². The molecule has 0 saturated carbocycles. The number of hydrogen-bond donors (Lipinski definition) is 0. The second kappa shape index (κ2) is 7.58. The fourth-order valence-electron chi connectivity index (χ4n) is 3.80. The monoisotopic (exact) mass is 336 g/mol. The molecule has 0 aromatic heterocycles. The molecule has 0 heterocycles. The Morgan fingerprint density at radius 2 is 1.27 bits per heavy atom. The van der Waals surface area contributed by atoms with Crippen LogP contribution in [0.5, 0.6) is 0 Å². The minimum absolute atomic E-state index is 1.12. The van der Waals surface area contributed by atoms with Gasteiger partial charge in [-0.1, -0.05) is 104 Å². The number of rotatable bonds is 5. The zero-order chi connectivity index (χ0) is 17.8. The van der Waals surface area contributed by atoms with Gasteiger partial charge in [0, 0.05) is 0 Å². The summed E-state index contributed by atoms with van der Waals surface area (Å²) in [4.78, 5) is 0. The Bertz CT molecular complexity index is 1010. The minimum Gasteiger partial charge on any atom is -0.0654 e. The SMILES string of the molecule is CCCCc1c(-c2ccccc2-c2ccccc2)ccc2ccccc12. The predicted molar refractivity (Wildman–Crippen MR) is 113 cm³/mol. The Morgan fingerprint density at radius 1 is 0.577 bits per heavy atom. The average Bonchev–Trinajstić information content (AvgIpc) is 2.72. The maximum absolute atomic E-state index is 2.31. The van der Waals surface area contributed by atoms with Gasteiger partial charge in [0.25, 0.3) is 0 Å². The number of benzene rings is 4. The van der Waals surface area contributed by atoms with E-state index in [0.29, 0.717) is 0 Å². The zero-order valence-electron chi connectivity index (χ0n) is 15.3. The molecule has 0 radical (unpaired) electrons. The molecular weight excluding hydrogens is 312 g/mol. The van der Waals surface area contributed by atoms with Crippen molar-refractivity contribution in [3.8, 4) is 22.3 Å². The molecule has 0 amide bonds. The number of hydrogen-bond acceptors (Lipinski definition) is 0. The lowest BCUT2D eigenvalue weighted by Gasteiger charge is -2.17. The molecular formula is C26H24. The molecule has 0 fully saturated rings. The highest BCUT2D eigenvalue weighted by atomic mass is 14.2. The maximum Gasteiger partial charge on any atom is -0.0102 e. The Balaban J connectivity index is 1.95. The van der Waals surface area contributed by atoms with E-state index in [9.17, 15) is 0 Å². The number of fused-ring (bicyclic) bond motifs is 1. The van der Waals surface area contributed by atoms with Crippen LogP contribution in [0.3, 0.4) is 0 Å². The summed E-state index contributed by atoms with van der Waals surface area (Å²) in [6.07, 6.45) is 3.55. The third-order valence-electron chi connectivity index (χ3n) is 5.12. The van der Waals surface area contributed by atoms with Gasteiger partial charge >= 0.3 is 0 Å². The molecule has 4 rings (SSSR count). The van der Waals surface area contributed by atoms with E-state index in [1.165, 1.54) is 51.4 Å². The van der Waals surface area contributed by atoms with Gasteiger partial charge in [0.05, 0.1) is 0 Å². The maximum atomic E-state index is 2.31. The van der Waals surface area contributed by atoms with Crippen molar-refractivity contribution in [3.05, 3.63) is 96.6 Å². The molecule has 0 atom stereocenters. The summed E-state index contributed by atoms with van der Waals surface area (Å²) in [5, 5.41) is 2.72. The fourth-order valence-corrected chi connectivity index (χ4v) is 3.80. The van der Waals surface area contributed by atoms with Crippen molar-refractivity contribution in [2.45, 2.75) is 26.2 Å². The number of aryl methyl sites for hydroxylation is 1. The van der Waals surface area contributed by atoms with Crippen LogP contribution in [0.15, 0.2) is 91.0 Å². The van der Waals surface area contributed by atoms with Gasteiger partial charge in [-0.15, -0.1) is 0 Å². The molecule has 0 aliphatic heterocycles. The summed E-state index contributed by atoms with van der Waals surface area (Å²) in [5.74, 6) is 0. The first kappa shape index (κ1) is 16.6. The molecule has 0 aliphatic rings. The van der Waals surface area contributed by atoms with E-state index in [4.69, 9.17) is 0 Å². The third-order valence-corrected chi connectivity index (χ3v) is 5.12. The van der Waals surface area contributed by atoms with E-state index in [2.05, 4.69) is 97.9 Å². The zero-order valence-corrected chi connectivity index (χ0v) is 15.3. The normalized spacial score (nSPS) is 11.0. The van der Waals surface area contributed by atoms with Gasteiger partial charge in [-0.05, 0) is 51.4 Å². The molecule has 4 aromatic carbocycles. The van der Waals surface area contributed by atoms with Crippen molar-refractivity contribution < 1.29 is 0 Å². The highest BCUT2D eigenvalue weighted by molar-refractivity contribution is 5.95. The molecule has 0 bridgehead atoms. The molecule has 0 nitrogen and oxygen atoms in total. The lowest BCUT2D eigenvalue weighted by molar-refractivity contribution is 0.800. The average molecular weight is 336 g/mol. The Labute approximate surface area is 156 Å². The molecule has 26 heavy (non-hydrogen) atoms. The summed E-state index contributed by atoms with van der Waals surface area (Å²) in [5.41, 5.74) is 6.76. The lowest BCUT2D eigenvalue weighted by atomic mass is 9.87. The quantitative estimate of drug-likeness (QED) is 0.353. The van der Waals surface area contributed by atoms with Crippen molar-refractivity contribution >= 4 is 10.8 Å². The molecule has 0 saturated heterocycles. The van der Waals surface area contributed by atoms with Crippen LogP contribution in [0.25, 0.3) is 33.0 Å². The van der Waals surface area contributed by atoms with Crippen LogP contribution in [0, 0.1) is 0 Å². The van der Waals surface area contributed by atoms with Gasteiger partial charge in [-0.3, -0.25) is 0 Å². The van der Waals surface area contributed by atoms with E-state index in [1.807, 2.05) is 0 Å². The highest BCUT2D eigenvalue weighted by Gasteiger charge is 2.13. The Hall–Kier alpha value is -2.86. The largest absolute Gasteiger partial charge is 0.0654 e. The minimum atomic E-state index is 1.12. The number of unbranched alkanes of at least 4 members (excludes halogenated alkanes) is 1. The van der Waals surface area contributed by atoms with Crippen molar-refractivity contribution in [1.29, 1.82) is 0 Å². The van der Waals surface area contributed by atoms with E-state index >= 15 is 0 Å². The summed E-state index contributed by atoms with van der Waals surface area (Å²) in [6, 6.07) is 32.9. The summed E-state index contributed by atoms with van der Waals surface area (Å²) in [6.45, 7) is 2.27. The second-order valence-corrected chi connectivity index (χ2v) is 6.83. The molecule has 0 heteroatoms. The molecule has 0 spiro atoms. The first-order valence-electron chi connectivity index (χ1n) is 9.54. The van der Waals surface area contributed by atoms with Gasteiger partial charge in [-0.2, -0.15) is 0 Å².